The lowest BCUT2D eigenvalue weighted by atomic mass is 9.90. The molecule has 0 spiro atoms. The molecular weight excluding hydrogens is 439 g/mol. The number of anilines is 1. The number of benzene rings is 2. The summed E-state index contributed by atoms with van der Waals surface area (Å²) < 4.78 is 40.2. The Morgan fingerprint density at radius 1 is 1.09 bits per heavy atom. The molecule has 1 aliphatic rings. The van der Waals surface area contributed by atoms with Gasteiger partial charge in [-0.15, -0.1) is 0 Å². The lowest BCUT2D eigenvalue weighted by molar-refractivity contribution is -0.140. The molecule has 168 valence electrons. The molecule has 1 saturated carbocycles. The van der Waals surface area contributed by atoms with Crippen molar-refractivity contribution in [2.24, 2.45) is 0 Å². The molecule has 2 atom stereocenters. The molecule has 2 aromatic carbocycles. The van der Waals surface area contributed by atoms with Gasteiger partial charge in [0.05, 0.1) is 5.52 Å². The summed E-state index contributed by atoms with van der Waals surface area (Å²) in [4.78, 5) is 16.4. The van der Waals surface area contributed by atoms with E-state index in [0.717, 1.165) is 30.9 Å². The smallest absolute Gasteiger partial charge is 0.382 e. The number of hydrogen-bond donors (Lipinski definition) is 2. The van der Waals surface area contributed by atoms with Crippen LogP contribution in [0.15, 0.2) is 48.5 Å². The Kier molecular flexibility index (Phi) is 6.29. The summed E-state index contributed by atoms with van der Waals surface area (Å²) in [5, 5.41) is 7.31. The first-order valence-corrected chi connectivity index (χ1v) is 10.9. The highest BCUT2D eigenvalue weighted by Crippen LogP contribution is 2.35. The van der Waals surface area contributed by atoms with Crippen LogP contribution in [-0.2, 0) is 6.18 Å². The largest absolute Gasteiger partial charge is 0.433 e. The predicted molar refractivity (Wildman–Crippen MR) is 120 cm³/mol. The minimum atomic E-state index is -4.55. The van der Waals surface area contributed by atoms with Gasteiger partial charge >= 0.3 is 6.18 Å². The van der Waals surface area contributed by atoms with Crippen LogP contribution in [0.1, 0.15) is 47.3 Å². The van der Waals surface area contributed by atoms with E-state index < -0.39 is 11.9 Å². The minimum Gasteiger partial charge on any atom is -0.382 e. The van der Waals surface area contributed by atoms with Gasteiger partial charge in [-0.05, 0) is 68.5 Å². The van der Waals surface area contributed by atoms with E-state index in [9.17, 15) is 18.0 Å². The van der Waals surface area contributed by atoms with E-state index in [1.54, 1.807) is 12.1 Å². The van der Waals surface area contributed by atoms with Crippen molar-refractivity contribution >= 4 is 34.1 Å². The first kappa shape index (κ1) is 22.4. The number of nitrogens with zero attached hydrogens (tertiary/aromatic N) is 1. The molecule has 0 saturated heterocycles. The number of aromatic nitrogens is 1. The number of hydrogen-bond acceptors (Lipinski definition) is 3. The van der Waals surface area contributed by atoms with Crippen molar-refractivity contribution in [3.8, 4) is 0 Å². The number of nitrogens with one attached hydrogen (secondary N) is 2. The molecule has 1 heterocycles. The first-order chi connectivity index (χ1) is 15.2. The Labute approximate surface area is 189 Å². The number of carbonyl (C=O) groups is 1. The first-order valence-electron chi connectivity index (χ1n) is 10.5. The summed E-state index contributed by atoms with van der Waals surface area (Å²) in [5.74, 6) is -0.130. The van der Waals surface area contributed by atoms with Gasteiger partial charge in [-0.2, -0.15) is 13.2 Å². The highest BCUT2D eigenvalue weighted by atomic mass is 35.5. The number of fused-ring (bicyclic) bond motifs is 1. The molecule has 2 N–H and O–H groups in total. The van der Waals surface area contributed by atoms with Crippen molar-refractivity contribution in [2.75, 3.05) is 5.32 Å². The number of halogens is 4. The van der Waals surface area contributed by atoms with Gasteiger partial charge in [0.25, 0.3) is 5.91 Å². The van der Waals surface area contributed by atoms with E-state index in [0.29, 0.717) is 28.1 Å². The fourth-order valence-corrected chi connectivity index (χ4v) is 4.40. The van der Waals surface area contributed by atoms with Crippen LogP contribution in [0.5, 0.6) is 0 Å². The van der Waals surface area contributed by atoms with Crippen LogP contribution in [0.3, 0.4) is 0 Å². The average molecular weight is 462 g/mol. The normalized spacial score (nSPS) is 19.0. The van der Waals surface area contributed by atoms with Gasteiger partial charge in [0.2, 0.25) is 0 Å². The second kappa shape index (κ2) is 8.98. The standard InChI is InChI=1S/C24H23ClF3N3O/c1-14-5-2-3-8-18(14)23(32)30-17-7-4-6-16(12-17)29-21-13-22(24(26,27)28)31-20-10-9-15(25)11-19(20)21/h2-3,5,8-11,13,16-17H,4,6-7,12H2,1H3,(H,29,31)(H,30,32)/t16-,17+/m0/s1. The van der Waals surface area contributed by atoms with Gasteiger partial charge in [0.15, 0.2) is 0 Å². The molecule has 4 nitrogen and oxygen atoms in total. The quantitative estimate of drug-likeness (QED) is 0.474. The van der Waals surface area contributed by atoms with Gasteiger partial charge in [-0.25, -0.2) is 4.98 Å². The van der Waals surface area contributed by atoms with E-state index >= 15 is 0 Å². The number of aryl methyl sites for hydroxylation is 1. The van der Waals surface area contributed by atoms with Gasteiger partial charge < -0.3 is 10.6 Å². The molecule has 1 aliphatic carbocycles. The number of alkyl halides is 3. The molecule has 4 rings (SSSR count). The summed E-state index contributed by atoms with van der Waals surface area (Å²) in [6.07, 6.45) is -1.47. The average Bonchev–Trinajstić information content (AvgIpc) is 2.74. The molecule has 3 aromatic rings. The summed E-state index contributed by atoms with van der Waals surface area (Å²) in [5.41, 5.74) is 1.16. The highest BCUT2D eigenvalue weighted by Gasteiger charge is 2.34. The molecular formula is C24H23ClF3N3O. The SMILES string of the molecule is Cc1ccccc1C(=O)N[C@@H]1CCC[C@H](Nc2cc(C(F)(F)F)nc3ccc(Cl)cc23)C1. The summed E-state index contributed by atoms with van der Waals surface area (Å²) in [7, 11) is 0. The lowest BCUT2D eigenvalue weighted by Crippen LogP contribution is -2.42. The van der Waals surface area contributed by atoms with Crippen molar-refractivity contribution < 1.29 is 18.0 Å². The van der Waals surface area contributed by atoms with E-state index in [-0.39, 0.29) is 23.5 Å². The van der Waals surface area contributed by atoms with Crippen LogP contribution in [0.2, 0.25) is 5.02 Å². The Balaban J connectivity index is 1.54. The molecule has 0 unspecified atom stereocenters. The van der Waals surface area contributed by atoms with Crippen molar-refractivity contribution in [1.82, 2.24) is 10.3 Å². The van der Waals surface area contributed by atoms with Crippen molar-refractivity contribution in [3.05, 3.63) is 70.4 Å². The summed E-state index contributed by atoms with van der Waals surface area (Å²) >= 11 is 6.09. The molecule has 0 radical (unpaired) electrons. The Morgan fingerprint density at radius 2 is 1.84 bits per heavy atom. The summed E-state index contributed by atoms with van der Waals surface area (Å²) in [6, 6.07) is 12.9. The third-order valence-electron chi connectivity index (χ3n) is 5.82. The van der Waals surface area contributed by atoms with Crippen LogP contribution in [0.25, 0.3) is 10.9 Å². The van der Waals surface area contributed by atoms with Crippen molar-refractivity contribution in [2.45, 2.75) is 50.9 Å². The molecule has 1 aromatic heterocycles. The summed E-state index contributed by atoms with van der Waals surface area (Å²) in [6.45, 7) is 1.89. The van der Waals surface area contributed by atoms with Crippen molar-refractivity contribution in [1.29, 1.82) is 0 Å². The third-order valence-corrected chi connectivity index (χ3v) is 6.06. The molecule has 1 amide bonds. The number of amides is 1. The van der Waals surface area contributed by atoms with Gasteiger partial charge in [-0.1, -0.05) is 29.8 Å². The Bertz CT molecular complexity index is 1150. The van der Waals surface area contributed by atoms with Crippen LogP contribution < -0.4 is 10.6 Å². The zero-order valence-electron chi connectivity index (χ0n) is 17.5. The maximum absolute atomic E-state index is 13.4. The van der Waals surface area contributed by atoms with Gasteiger partial charge in [0.1, 0.15) is 5.69 Å². The number of rotatable bonds is 4. The minimum absolute atomic E-state index is 0.0628. The fourth-order valence-electron chi connectivity index (χ4n) is 4.23. The molecule has 32 heavy (non-hydrogen) atoms. The van der Waals surface area contributed by atoms with Crippen LogP contribution >= 0.6 is 11.6 Å². The van der Waals surface area contributed by atoms with Crippen LogP contribution in [-0.4, -0.2) is 23.0 Å². The monoisotopic (exact) mass is 461 g/mol. The Hall–Kier alpha value is -2.80. The molecule has 8 heteroatoms. The van der Waals surface area contributed by atoms with E-state index in [4.69, 9.17) is 11.6 Å². The number of pyridine rings is 1. The van der Waals surface area contributed by atoms with Gasteiger partial charge in [-0.3, -0.25) is 4.79 Å². The second-order valence-corrected chi connectivity index (χ2v) is 8.64. The fraction of sp³-hybridized carbons (Fsp3) is 0.333. The second-order valence-electron chi connectivity index (χ2n) is 8.21. The molecule has 0 bridgehead atoms. The predicted octanol–water partition coefficient (Wildman–Crippen LogP) is 6.37. The topological polar surface area (TPSA) is 54.0 Å². The zero-order valence-corrected chi connectivity index (χ0v) is 18.2. The Morgan fingerprint density at radius 3 is 2.59 bits per heavy atom. The van der Waals surface area contributed by atoms with Crippen LogP contribution in [0, 0.1) is 6.92 Å². The maximum Gasteiger partial charge on any atom is 0.433 e. The van der Waals surface area contributed by atoms with Crippen molar-refractivity contribution in [3.63, 3.8) is 0 Å². The van der Waals surface area contributed by atoms with Crippen LogP contribution in [0.4, 0.5) is 18.9 Å². The third kappa shape index (κ3) is 4.99. The zero-order chi connectivity index (χ0) is 22.9. The van der Waals surface area contributed by atoms with E-state index in [2.05, 4.69) is 15.6 Å². The maximum atomic E-state index is 13.4. The molecule has 0 aliphatic heterocycles. The lowest BCUT2D eigenvalue weighted by Gasteiger charge is -2.31. The van der Waals surface area contributed by atoms with E-state index in [1.165, 1.54) is 12.1 Å². The molecule has 1 fully saturated rings. The van der Waals surface area contributed by atoms with E-state index in [1.807, 2.05) is 25.1 Å². The highest BCUT2D eigenvalue weighted by molar-refractivity contribution is 6.31. The number of carbonyl (C=O) groups excluding carboxylic acids is 1. The van der Waals surface area contributed by atoms with Gasteiger partial charge in [0, 0.05) is 33.7 Å².